The molecule has 3 rings (SSSR count). The molecule has 1 heterocycles. The zero-order chi connectivity index (χ0) is 18.7. The van der Waals surface area contributed by atoms with E-state index in [-0.39, 0.29) is 6.10 Å². The average Bonchev–Trinajstić information content (AvgIpc) is 3.23. The number of benzene rings is 2. The first-order valence-corrected chi connectivity index (χ1v) is 9.71. The molecule has 1 saturated heterocycles. The van der Waals surface area contributed by atoms with E-state index in [0.29, 0.717) is 26.4 Å². The first-order valence-electron chi connectivity index (χ1n) is 9.71. The summed E-state index contributed by atoms with van der Waals surface area (Å²) in [5.74, 6) is 1.75. The third kappa shape index (κ3) is 6.77. The van der Waals surface area contributed by atoms with Crippen LogP contribution in [0, 0.1) is 0 Å². The number of hydrogen-bond acceptors (Lipinski definition) is 5. The molecule has 0 aliphatic carbocycles. The predicted molar refractivity (Wildman–Crippen MR) is 107 cm³/mol. The quantitative estimate of drug-likeness (QED) is 0.598. The largest absolute Gasteiger partial charge is 0.491 e. The summed E-state index contributed by atoms with van der Waals surface area (Å²) < 4.78 is 22.3. The van der Waals surface area contributed by atoms with Gasteiger partial charge in [-0.05, 0) is 61.7 Å². The van der Waals surface area contributed by atoms with E-state index in [0.717, 1.165) is 43.2 Å². The Bertz CT molecular complexity index is 651. The van der Waals surface area contributed by atoms with Crippen LogP contribution >= 0.6 is 0 Å². The van der Waals surface area contributed by atoms with Crippen LogP contribution in [0.25, 0.3) is 0 Å². The lowest BCUT2D eigenvalue weighted by atomic mass is 10.2. The minimum Gasteiger partial charge on any atom is -0.491 e. The van der Waals surface area contributed by atoms with Crippen LogP contribution in [0.3, 0.4) is 0 Å². The summed E-state index contributed by atoms with van der Waals surface area (Å²) in [5.41, 5.74) is 2.27. The van der Waals surface area contributed by atoms with Crippen molar-refractivity contribution in [1.29, 1.82) is 0 Å². The second kappa shape index (κ2) is 10.8. The van der Waals surface area contributed by atoms with E-state index in [9.17, 15) is 0 Å². The van der Waals surface area contributed by atoms with Crippen LogP contribution in [-0.2, 0) is 16.0 Å². The monoisotopic (exact) mass is 371 g/mol. The van der Waals surface area contributed by atoms with E-state index < -0.39 is 0 Å². The normalized spacial score (nSPS) is 16.3. The molecule has 2 aromatic rings. The van der Waals surface area contributed by atoms with E-state index >= 15 is 0 Å². The fourth-order valence-corrected chi connectivity index (χ4v) is 2.90. The summed E-state index contributed by atoms with van der Waals surface area (Å²) in [7, 11) is 0. The van der Waals surface area contributed by atoms with Crippen molar-refractivity contribution in [1.82, 2.24) is 0 Å². The molecule has 0 aromatic heterocycles. The molecule has 1 unspecified atom stereocenters. The number of ether oxygens (including phenoxy) is 4. The van der Waals surface area contributed by atoms with Gasteiger partial charge in [-0.3, -0.25) is 0 Å². The van der Waals surface area contributed by atoms with Crippen LogP contribution in [0.1, 0.15) is 25.3 Å². The molecule has 1 aliphatic rings. The predicted octanol–water partition coefficient (Wildman–Crippen LogP) is 4.27. The first kappa shape index (κ1) is 19.5. The van der Waals surface area contributed by atoms with E-state index in [1.54, 1.807) is 0 Å². The lowest BCUT2D eigenvalue weighted by molar-refractivity contribution is 0.0679. The highest BCUT2D eigenvalue weighted by Crippen LogP contribution is 2.19. The van der Waals surface area contributed by atoms with Gasteiger partial charge in [-0.25, -0.2) is 0 Å². The summed E-state index contributed by atoms with van der Waals surface area (Å²) in [6.07, 6.45) is 2.48. The molecule has 5 nitrogen and oxygen atoms in total. The Labute approximate surface area is 161 Å². The smallest absolute Gasteiger partial charge is 0.119 e. The van der Waals surface area contributed by atoms with Gasteiger partial charge in [0.15, 0.2) is 0 Å². The molecule has 0 radical (unpaired) electrons. The Hall–Kier alpha value is -2.24. The molecule has 5 heteroatoms. The molecule has 1 aliphatic heterocycles. The lowest BCUT2D eigenvalue weighted by Gasteiger charge is -2.12. The van der Waals surface area contributed by atoms with Crippen molar-refractivity contribution in [2.45, 2.75) is 32.4 Å². The van der Waals surface area contributed by atoms with Crippen LogP contribution in [0.4, 0.5) is 5.69 Å². The van der Waals surface area contributed by atoms with Gasteiger partial charge in [0.1, 0.15) is 24.7 Å². The van der Waals surface area contributed by atoms with Gasteiger partial charge in [0.05, 0.1) is 12.7 Å². The molecule has 0 spiro atoms. The van der Waals surface area contributed by atoms with Gasteiger partial charge in [0, 0.05) is 25.4 Å². The third-order valence-corrected chi connectivity index (χ3v) is 4.43. The van der Waals surface area contributed by atoms with Crippen LogP contribution < -0.4 is 14.8 Å². The van der Waals surface area contributed by atoms with Gasteiger partial charge >= 0.3 is 0 Å². The molecule has 0 bridgehead atoms. The SMILES string of the molecule is CCOCCOc1ccc(NCc2ccc(OCC3CCCO3)cc2)cc1. The Morgan fingerprint density at radius 2 is 1.70 bits per heavy atom. The first-order chi connectivity index (χ1) is 13.3. The average molecular weight is 371 g/mol. The minimum atomic E-state index is 0.248. The van der Waals surface area contributed by atoms with Gasteiger partial charge in [-0.2, -0.15) is 0 Å². The molecule has 1 fully saturated rings. The Kier molecular flexibility index (Phi) is 7.81. The van der Waals surface area contributed by atoms with Crippen LogP contribution in [0.5, 0.6) is 11.5 Å². The standard InChI is InChI=1S/C22H29NO4/c1-2-24-14-15-26-20-11-7-19(8-12-20)23-16-18-5-9-21(10-6-18)27-17-22-4-3-13-25-22/h5-12,22-23H,2-4,13-17H2,1H3. The zero-order valence-electron chi connectivity index (χ0n) is 16.0. The van der Waals surface area contributed by atoms with Gasteiger partial charge < -0.3 is 24.3 Å². The van der Waals surface area contributed by atoms with E-state index in [1.807, 2.05) is 43.3 Å². The van der Waals surface area contributed by atoms with Gasteiger partial charge in [-0.1, -0.05) is 12.1 Å². The van der Waals surface area contributed by atoms with Crippen molar-refractivity contribution in [2.75, 3.05) is 38.4 Å². The number of hydrogen-bond donors (Lipinski definition) is 1. The van der Waals surface area contributed by atoms with Crippen molar-refractivity contribution in [2.24, 2.45) is 0 Å². The maximum Gasteiger partial charge on any atom is 0.119 e. The van der Waals surface area contributed by atoms with E-state index in [1.165, 1.54) is 5.56 Å². The van der Waals surface area contributed by atoms with Crippen LogP contribution in [0.15, 0.2) is 48.5 Å². The number of rotatable bonds is 11. The fourth-order valence-electron chi connectivity index (χ4n) is 2.90. The summed E-state index contributed by atoms with van der Waals surface area (Å²) in [5, 5.41) is 3.42. The summed E-state index contributed by atoms with van der Waals surface area (Å²) >= 11 is 0. The molecule has 1 N–H and O–H groups in total. The highest BCUT2D eigenvalue weighted by Gasteiger charge is 2.15. The maximum atomic E-state index is 5.80. The summed E-state index contributed by atoms with van der Waals surface area (Å²) in [6, 6.07) is 16.2. The Morgan fingerprint density at radius 3 is 2.41 bits per heavy atom. The van der Waals surface area contributed by atoms with Crippen molar-refractivity contribution >= 4 is 5.69 Å². The van der Waals surface area contributed by atoms with Crippen LogP contribution in [0.2, 0.25) is 0 Å². The molecule has 0 amide bonds. The molecule has 2 aromatic carbocycles. The zero-order valence-corrected chi connectivity index (χ0v) is 16.0. The second-order valence-electron chi connectivity index (χ2n) is 6.51. The highest BCUT2D eigenvalue weighted by molar-refractivity contribution is 5.47. The molecular weight excluding hydrogens is 342 g/mol. The van der Waals surface area contributed by atoms with Gasteiger partial charge in [-0.15, -0.1) is 0 Å². The van der Waals surface area contributed by atoms with Crippen molar-refractivity contribution in [3.8, 4) is 11.5 Å². The number of anilines is 1. The Morgan fingerprint density at radius 1 is 0.963 bits per heavy atom. The Balaban J connectivity index is 1.38. The van der Waals surface area contributed by atoms with E-state index in [4.69, 9.17) is 18.9 Å². The lowest BCUT2D eigenvalue weighted by Crippen LogP contribution is -2.16. The van der Waals surface area contributed by atoms with Gasteiger partial charge in [0.25, 0.3) is 0 Å². The second-order valence-corrected chi connectivity index (χ2v) is 6.51. The molecule has 146 valence electrons. The van der Waals surface area contributed by atoms with E-state index in [2.05, 4.69) is 17.4 Å². The minimum absolute atomic E-state index is 0.248. The highest BCUT2D eigenvalue weighted by atomic mass is 16.5. The topological polar surface area (TPSA) is 49.0 Å². The molecular formula is C22H29NO4. The third-order valence-electron chi connectivity index (χ3n) is 4.43. The fraction of sp³-hybridized carbons (Fsp3) is 0.455. The van der Waals surface area contributed by atoms with Crippen LogP contribution in [-0.4, -0.2) is 39.1 Å². The molecule has 27 heavy (non-hydrogen) atoms. The molecule has 0 saturated carbocycles. The summed E-state index contributed by atoms with van der Waals surface area (Å²) in [4.78, 5) is 0. The molecule has 1 atom stereocenters. The van der Waals surface area contributed by atoms with Crippen molar-refractivity contribution < 1.29 is 18.9 Å². The van der Waals surface area contributed by atoms with Crippen molar-refractivity contribution in [3.63, 3.8) is 0 Å². The summed E-state index contributed by atoms with van der Waals surface area (Å²) in [6.45, 7) is 6.14. The van der Waals surface area contributed by atoms with Gasteiger partial charge in [0.2, 0.25) is 0 Å². The maximum absolute atomic E-state index is 5.80. The van der Waals surface area contributed by atoms with Crippen molar-refractivity contribution in [3.05, 3.63) is 54.1 Å². The number of nitrogens with one attached hydrogen (secondary N) is 1.